The number of aromatic nitrogens is 2. The number of benzene rings is 3. The summed E-state index contributed by atoms with van der Waals surface area (Å²) < 4.78 is 28.2. The zero-order valence-corrected chi connectivity index (χ0v) is 27.4. The molecule has 248 valence electrons. The Kier molecular flexibility index (Phi) is 9.62. The molecule has 6 N–H and O–H groups in total. The lowest BCUT2D eigenvalue weighted by atomic mass is 9.81. The second kappa shape index (κ2) is 13.8. The summed E-state index contributed by atoms with van der Waals surface area (Å²) in [6.07, 6.45) is 5.16. The molecule has 11 nitrogen and oxygen atoms in total. The van der Waals surface area contributed by atoms with E-state index in [4.69, 9.17) is 5.73 Å². The molecule has 0 bridgehead atoms. The van der Waals surface area contributed by atoms with Gasteiger partial charge in [-0.1, -0.05) is 30.3 Å². The minimum atomic E-state index is -3.59. The average molecular weight is 659 g/mol. The molecule has 2 heterocycles. The summed E-state index contributed by atoms with van der Waals surface area (Å²) in [6, 6.07) is 17.1. The van der Waals surface area contributed by atoms with E-state index in [0.29, 0.717) is 42.3 Å². The van der Waals surface area contributed by atoms with Crippen molar-refractivity contribution in [3.05, 3.63) is 82.3 Å². The summed E-state index contributed by atoms with van der Waals surface area (Å²) in [7, 11) is -3.59. The first-order valence-electron chi connectivity index (χ1n) is 16.3. The number of aryl methyl sites for hydroxylation is 1. The number of imidazole rings is 1. The van der Waals surface area contributed by atoms with Crippen LogP contribution in [-0.2, 0) is 26.0 Å². The van der Waals surface area contributed by atoms with E-state index in [1.54, 1.807) is 30.3 Å². The summed E-state index contributed by atoms with van der Waals surface area (Å²) >= 11 is 0. The van der Waals surface area contributed by atoms with Gasteiger partial charge in [-0.3, -0.25) is 9.59 Å². The van der Waals surface area contributed by atoms with Crippen molar-refractivity contribution in [2.45, 2.75) is 62.8 Å². The summed E-state index contributed by atoms with van der Waals surface area (Å²) in [5, 5.41) is 5.95. The zero-order chi connectivity index (χ0) is 33.1. The molecule has 2 amide bonds. The van der Waals surface area contributed by atoms with Gasteiger partial charge in [0.2, 0.25) is 21.8 Å². The number of nitrogens with zero attached hydrogens (tertiary/aromatic N) is 1. The predicted molar refractivity (Wildman–Crippen MR) is 182 cm³/mol. The minimum absolute atomic E-state index is 0.155. The predicted octanol–water partition coefficient (Wildman–Crippen LogP) is 4.05. The lowest BCUT2D eigenvalue weighted by molar-refractivity contribution is -0.130. The van der Waals surface area contributed by atoms with Gasteiger partial charge in [-0.05, 0) is 110 Å². The van der Waals surface area contributed by atoms with Crippen molar-refractivity contribution in [3.8, 4) is 11.1 Å². The first-order chi connectivity index (χ1) is 22.6. The van der Waals surface area contributed by atoms with Crippen LogP contribution in [-0.4, -0.2) is 60.2 Å². The Hall–Kier alpha value is -4.26. The summed E-state index contributed by atoms with van der Waals surface area (Å²) in [5.74, 6) is -0.309. The van der Waals surface area contributed by atoms with Crippen LogP contribution in [0.5, 0.6) is 0 Å². The van der Waals surface area contributed by atoms with E-state index < -0.39 is 16.1 Å². The smallest absolute Gasteiger partial charge is 0.323 e. The molecule has 1 aromatic heterocycles. The molecule has 1 aliphatic heterocycles. The highest BCUT2D eigenvalue weighted by atomic mass is 32.2. The van der Waals surface area contributed by atoms with Crippen LogP contribution < -0.4 is 22.1 Å². The van der Waals surface area contributed by atoms with Crippen LogP contribution in [0.15, 0.2) is 70.4 Å². The molecule has 0 spiro atoms. The van der Waals surface area contributed by atoms with Gasteiger partial charge in [0, 0.05) is 31.1 Å². The van der Waals surface area contributed by atoms with E-state index in [-0.39, 0.29) is 34.7 Å². The Morgan fingerprint density at radius 1 is 0.957 bits per heavy atom. The molecule has 1 aliphatic carbocycles. The largest absolute Gasteiger partial charge is 0.344 e. The normalized spacial score (nSPS) is 19.4. The van der Waals surface area contributed by atoms with Crippen molar-refractivity contribution in [1.29, 1.82) is 0 Å². The number of H-pyrrole nitrogens is 2. The fraction of sp³-hybridized carbons (Fsp3) is 0.400. The van der Waals surface area contributed by atoms with E-state index in [0.717, 1.165) is 60.8 Å². The van der Waals surface area contributed by atoms with Gasteiger partial charge < -0.3 is 26.3 Å². The molecule has 1 saturated carbocycles. The van der Waals surface area contributed by atoms with Gasteiger partial charge in [-0.2, -0.15) is 4.31 Å². The van der Waals surface area contributed by atoms with Gasteiger partial charge >= 0.3 is 5.69 Å². The summed E-state index contributed by atoms with van der Waals surface area (Å²) in [4.78, 5) is 44.6. The van der Waals surface area contributed by atoms with Crippen LogP contribution in [0.1, 0.15) is 49.7 Å². The molecule has 2 aliphatic rings. The third-order valence-corrected chi connectivity index (χ3v) is 11.5. The lowest BCUT2D eigenvalue weighted by Crippen LogP contribution is -2.48. The first kappa shape index (κ1) is 32.7. The van der Waals surface area contributed by atoms with Crippen LogP contribution in [0.4, 0.5) is 5.69 Å². The number of rotatable bonds is 10. The number of fused-ring (bicyclic) bond motifs is 1. The number of aromatic amines is 2. The Balaban J connectivity index is 1.26. The van der Waals surface area contributed by atoms with Crippen LogP contribution in [0.3, 0.4) is 0 Å². The monoisotopic (exact) mass is 658 g/mol. The number of nitrogens with one attached hydrogen (secondary N) is 4. The van der Waals surface area contributed by atoms with Crippen molar-refractivity contribution in [1.82, 2.24) is 19.6 Å². The third kappa shape index (κ3) is 7.34. The van der Waals surface area contributed by atoms with Crippen LogP contribution in [0, 0.1) is 18.8 Å². The van der Waals surface area contributed by atoms with Crippen molar-refractivity contribution in [2.75, 3.05) is 25.0 Å². The number of hydrogen-bond donors (Lipinski definition) is 5. The maximum Gasteiger partial charge on any atom is 0.323 e. The number of carbonyl (C=O) groups excluding carboxylic acids is 2. The number of carbonyl (C=O) groups is 2. The number of anilines is 1. The highest BCUT2D eigenvalue weighted by molar-refractivity contribution is 7.89. The molecular formula is C35H42N6O5S. The van der Waals surface area contributed by atoms with Crippen molar-refractivity contribution < 1.29 is 18.0 Å². The number of hydrogen-bond acceptors (Lipinski definition) is 6. The fourth-order valence-corrected chi connectivity index (χ4v) is 8.29. The molecule has 12 heteroatoms. The third-order valence-electron chi connectivity index (χ3n) is 9.56. The van der Waals surface area contributed by atoms with Crippen LogP contribution >= 0.6 is 0 Å². The maximum atomic E-state index is 13.8. The van der Waals surface area contributed by atoms with E-state index in [1.165, 1.54) is 4.31 Å². The Morgan fingerprint density at radius 3 is 2.45 bits per heavy atom. The van der Waals surface area contributed by atoms with Gasteiger partial charge in [0.05, 0.1) is 15.9 Å². The summed E-state index contributed by atoms with van der Waals surface area (Å²) in [5.41, 5.74) is 10.5. The van der Waals surface area contributed by atoms with Gasteiger partial charge in [0.25, 0.3) is 0 Å². The molecule has 3 aromatic carbocycles. The topological polar surface area (TPSA) is 170 Å². The van der Waals surface area contributed by atoms with Crippen molar-refractivity contribution >= 4 is 38.6 Å². The quantitative estimate of drug-likeness (QED) is 0.172. The Morgan fingerprint density at radius 2 is 1.70 bits per heavy atom. The average Bonchev–Trinajstić information content (AvgIpc) is 3.75. The minimum Gasteiger partial charge on any atom is -0.344 e. The van der Waals surface area contributed by atoms with Gasteiger partial charge in [-0.15, -0.1) is 0 Å². The van der Waals surface area contributed by atoms with Gasteiger partial charge in [0.15, 0.2) is 0 Å². The standard InChI is InChI=1S/C35H42N6O5S/c1-22-7-13-28(47(45,46)41-15-2-3-16-41)20-29(22)26-6-4-5-24(17-26)18-32(38-33(42)25-10-8-23(21-36)9-11-25)34(43)37-27-12-14-30-31(19-27)40-35(44)39-30/h4-7,12-14,17,19-20,23,25,32H,2-3,8-11,15-16,18,21,36H2,1H3,(H,37,43)(H,38,42)(H2,39,40,44)/t23?,25?,32-/m0/s1. The first-order valence-corrected chi connectivity index (χ1v) is 17.8. The SMILES string of the molecule is Cc1ccc(S(=O)(=O)N2CCCC2)cc1-c1cccc(C[C@H](NC(=O)C2CCC(CN)CC2)C(=O)Nc2ccc3[nH]c(=O)[nH]c3c2)c1. The van der Waals surface area contributed by atoms with E-state index in [9.17, 15) is 22.8 Å². The highest BCUT2D eigenvalue weighted by Crippen LogP contribution is 2.31. The maximum absolute atomic E-state index is 13.8. The van der Waals surface area contributed by atoms with Gasteiger partial charge in [-0.25, -0.2) is 13.2 Å². The fourth-order valence-electron chi connectivity index (χ4n) is 6.75. The second-order valence-electron chi connectivity index (χ2n) is 12.8. The number of amides is 2. The van der Waals surface area contributed by atoms with Crippen molar-refractivity contribution in [3.63, 3.8) is 0 Å². The molecule has 1 saturated heterocycles. The van der Waals surface area contributed by atoms with E-state index >= 15 is 0 Å². The molecule has 6 rings (SSSR count). The summed E-state index contributed by atoms with van der Waals surface area (Å²) in [6.45, 7) is 3.61. The lowest BCUT2D eigenvalue weighted by Gasteiger charge is -2.28. The molecule has 47 heavy (non-hydrogen) atoms. The molecule has 0 radical (unpaired) electrons. The molecular weight excluding hydrogens is 616 g/mol. The van der Waals surface area contributed by atoms with Crippen molar-refractivity contribution in [2.24, 2.45) is 17.6 Å². The zero-order valence-electron chi connectivity index (χ0n) is 26.6. The molecule has 4 aromatic rings. The number of nitrogens with two attached hydrogens (primary N) is 1. The molecule has 2 fully saturated rings. The van der Waals surface area contributed by atoms with Crippen LogP contribution in [0.25, 0.3) is 22.2 Å². The Bertz CT molecular complexity index is 1940. The van der Waals surface area contributed by atoms with E-state index in [2.05, 4.69) is 20.6 Å². The van der Waals surface area contributed by atoms with E-state index in [1.807, 2.05) is 37.3 Å². The highest BCUT2D eigenvalue weighted by Gasteiger charge is 2.30. The number of sulfonamides is 1. The Labute approximate surface area is 274 Å². The van der Waals surface area contributed by atoms with Crippen LogP contribution in [0.2, 0.25) is 0 Å². The second-order valence-corrected chi connectivity index (χ2v) is 14.8. The molecule has 1 atom stereocenters. The van der Waals surface area contributed by atoms with Gasteiger partial charge in [0.1, 0.15) is 6.04 Å². The molecule has 0 unspecified atom stereocenters.